The Morgan fingerprint density at radius 2 is 2.17 bits per heavy atom. The van der Waals surface area contributed by atoms with Crippen LogP contribution in [0.15, 0.2) is 11.8 Å². The van der Waals surface area contributed by atoms with Crippen LogP contribution in [-0.2, 0) is 4.79 Å². The van der Waals surface area contributed by atoms with Gasteiger partial charge in [0.25, 0.3) is 0 Å². The van der Waals surface area contributed by atoms with Crippen LogP contribution in [0, 0.1) is 5.92 Å². The summed E-state index contributed by atoms with van der Waals surface area (Å²) in [4.78, 5) is 10.5. The standard InChI is InChI=1S/C9H16O3/c1-3-4-5-7(2)8(6-10)9(11)12/h6-7,10H,3-5H2,1-2H3,(H,11,12). The lowest BCUT2D eigenvalue weighted by molar-refractivity contribution is -0.133. The van der Waals surface area contributed by atoms with Crippen molar-refractivity contribution in [3.8, 4) is 0 Å². The Kier molecular flexibility index (Phi) is 5.17. The highest BCUT2D eigenvalue weighted by Gasteiger charge is 2.15. The van der Waals surface area contributed by atoms with Crippen LogP contribution in [0.3, 0.4) is 0 Å². The fraction of sp³-hybridized carbons (Fsp3) is 0.667. The predicted molar refractivity (Wildman–Crippen MR) is 47.0 cm³/mol. The molecule has 0 rings (SSSR count). The molecule has 3 nitrogen and oxygen atoms in total. The molecule has 0 radical (unpaired) electrons. The number of aliphatic carboxylic acids is 1. The van der Waals surface area contributed by atoms with E-state index in [0.717, 1.165) is 19.3 Å². The SMILES string of the molecule is CCCCC(C)C(=CO)C(=O)O. The predicted octanol–water partition coefficient (Wildman–Crippen LogP) is 2.34. The molecule has 0 saturated carbocycles. The van der Waals surface area contributed by atoms with Gasteiger partial charge in [0.15, 0.2) is 0 Å². The molecule has 1 unspecified atom stereocenters. The molecule has 0 spiro atoms. The number of carbonyl (C=O) groups is 1. The molecule has 0 aliphatic rings. The van der Waals surface area contributed by atoms with E-state index in [9.17, 15) is 4.79 Å². The summed E-state index contributed by atoms with van der Waals surface area (Å²) in [6, 6.07) is 0. The second-order valence-electron chi connectivity index (χ2n) is 2.93. The van der Waals surface area contributed by atoms with Crippen molar-refractivity contribution in [2.75, 3.05) is 0 Å². The number of hydrogen-bond acceptors (Lipinski definition) is 2. The maximum Gasteiger partial charge on any atom is 0.334 e. The molecule has 0 heterocycles. The van der Waals surface area contributed by atoms with Gasteiger partial charge in [-0.25, -0.2) is 4.79 Å². The van der Waals surface area contributed by atoms with Crippen molar-refractivity contribution >= 4 is 5.97 Å². The average Bonchev–Trinajstić information content (AvgIpc) is 2.01. The molecular formula is C9H16O3. The summed E-state index contributed by atoms with van der Waals surface area (Å²) in [7, 11) is 0. The normalized spacial score (nSPS) is 14.3. The molecule has 70 valence electrons. The van der Waals surface area contributed by atoms with Gasteiger partial charge in [-0.05, 0) is 12.3 Å². The van der Waals surface area contributed by atoms with Crippen LogP contribution in [0.1, 0.15) is 33.1 Å². The van der Waals surface area contributed by atoms with Gasteiger partial charge in [-0.2, -0.15) is 0 Å². The van der Waals surface area contributed by atoms with E-state index in [2.05, 4.69) is 6.92 Å². The molecule has 0 aromatic rings. The van der Waals surface area contributed by atoms with Crippen molar-refractivity contribution in [2.24, 2.45) is 5.92 Å². The quantitative estimate of drug-likeness (QED) is 0.494. The maximum atomic E-state index is 10.5. The van der Waals surface area contributed by atoms with Gasteiger partial charge < -0.3 is 10.2 Å². The van der Waals surface area contributed by atoms with Gasteiger partial charge in [0.2, 0.25) is 0 Å². The highest BCUT2D eigenvalue weighted by molar-refractivity contribution is 5.86. The summed E-state index contributed by atoms with van der Waals surface area (Å²) in [6.07, 6.45) is 3.55. The zero-order valence-corrected chi connectivity index (χ0v) is 7.58. The minimum Gasteiger partial charge on any atom is -0.515 e. The van der Waals surface area contributed by atoms with Crippen LogP contribution in [-0.4, -0.2) is 16.2 Å². The van der Waals surface area contributed by atoms with Crippen LogP contribution in [0.4, 0.5) is 0 Å². The summed E-state index contributed by atoms with van der Waals surface area (Å²) < 4.78 is 0. The Hall–Kier alpha value is -0.990. The number of unbranched alkanes of at least 4 members (excludes halogenated alkanes) is 1. The van der Waals surface area contributed by atoms with Gasteiger partial charge in [-0.15, -0.1) is 0 Å². The molecule has 0 fully saturated rings. The molecule has 0 aromatic carbocycles. The largest absolute Gasteiger partial charge is 0.515 e. The van der Waals surface area contributed by atoms with Gasteiger partial charge in [0.05, 0.1) is 11.8 Å². The van der Waals surface area contributed by atoms with E-state index in [1.165, 1.54) is 0 Å². The Morgan fingerprint density at radius 1 is 1.58 bits per heavy atom. The van der Waals surface area contributed by atoms with Crippen molar-refractivity contribution < 1.29 is 15.0 Å². The molecular weight excluding hydrogens is 156 g/mol. The average molecular weight is 172 g/mol. The first kappa shape index (κ1) is 11.0. The van der Waals surface area contributed by atoms with E-state index in [4.69, 9.17) is 10.2 Å². The third-order valence-electron chi connectivity index (χ3n) is 1.91. The van der Waals surface area contributed by atoms with Crippen LogP contribution in [0.2, 0.25) is 0 Å². The van der Waals surface area contributed by atoms with E-state index in [1.807, 2.05) is 6.92 Å². The number of rotatable bonds is 5. The second-order valence-corrected chi connectivity index (χ2v) is 2.93. The number of carboxylic acids is 1. The third kappa shape index (κ3) is 3.42. The fourth-order valence-electron chi connectivity index (χ4n) is 1.06. The summed E-state index contributed by atoms with van der Waals surface area (Å²) in [5, 5.41) is 17.2. The van der Waals surface area contributed by atoms with Crippen molar-refractivity contribution in [2.45, 2.75) is 33.1 Å². The summed E-state index contributed by atoms with van der Waals surface area (Å²) in [5.74, 6) is -1.09. The molecule has 0 bridgehead atoms. The first-order valence-electron chi connectivity index (χ1n) is 4.21. The van der Waals surface area contributed by atoms with E-state index in [1.54, 1.807) is 0 Å². The molecule has 0 aliphatic heterocycles. The number of carboxylic acid groups (broad SMARTS) is 1. The molecule has 0 amide bonds. The molecule has 0 aliphatic carbocycles. The van der Waals surface area contributed by atoms with Crippen LogP contribution in [0.25, 0.3) is 0 Å². The number of hydrogen-bond donors (Lipinski definition) is 2. The number of aliphatic hydroxyl groups is 1. The Labute approximate surface area is 72.7 Å². The molecule has 0 saturated heterocycles. The lowest BCUT2D eigenvalue weighted by Crippen LogP contribution is -2.09. The van der Waals surface area contributed by atoms with E-state index in [-0.39, 0.29) is 11.5 Å². The van der Waals surface area contributed by atoms with Gasteiger partial charge in [-0.1, -0.05) is 26.7 Å². The lowest BCUT2D eigenvalue weighted by Gasteiger charge is -2.09. The first-order valence-corrected chi connectivity index (χ1v) is 4.21. The Bertz CT molecular complexity index is 173. The Morgan fingerprint density at radius 3 is 2.50 bits per heavy atom. The van der Waals surface area contributed by atoms with Crippen LogP contribution < -0.4 is 0 Å². The summed E-state index contributed by atoms with van der Waals surface area (Å²) in [6.45, 7) is 3.86. The topological polar surface area (TPSA) is 57.5 Å². The highest BCUT2D eigenvalue weighted by atomic mass is 16.4. The minimum atomic E-state index is -1.03. The zero-order chi connectivity index (χ0) is 9.56. The monoisotopic (exact) mass is 172 g/mol. The molecule has 0 aromatic heterocycles. The Balaban J connectivity index is 4.05. The zero-order valence-electron chi connectivity index (χ0n) is 7.58. The van der Waals surface area contributed by atoms with E-state index < -0.39 is 5.97 Å². The van der Waals surface area contributed by atoms with Crippen LogP contribution in [0.5, 0.6) is 0 Å². The van der Waals surface area contributed by atoms with Gasteiger partial charge >= 0.3 is 5.97 Å². The van der Waals surface area contributed by atoms with Crippen molar-refractivity contribution in [1.29, 1.82) is 0 Å². The van der Waals surface area contributed by atoms with Crippen molar-refractivity contribution in [3.05, 3.63) is 11.8 Å². The molecule has 2 N–H and O–H groups in total. The fourth-order valence-corrected chi connectivity index (χ4v) is 1.06. The summed E-state index contributed by atoms with van der Waals surface area (Å²) in [5.41, 5.74) is 0.100. The highest BCUT2D eigenvalue weighted by Crippen LogP contribution is 2.16. The number of aliphatic hydroxyl groups excluding tert-OH is 1. The lowest BCUT2D eigenvalue weighted by atomic mass is 9.96. The van der Waals surface area contributed by atoms with Gasteiger partial charge in [0, 0.05) is 0 Å². The van der Waals surface area contributed by atoms with Crippen molar-refractivity contribution in [1.82, 2.24) is 0 Å². The van der Waals surface area contributed by atoms with Gasteiger partial charge in [-0.3, -0.25) is 0 Å². The second kappa shape index (κ2) is 5.63. The third-order valence-corrected chi connectivity index (χ3v) is 1.91. The first-order chi connectivity index (χ1) is 5.63. The smallest absolute Gasteiger partial charge is 0.334 e. The minimum absolute atomic E-state index is 0.0625. The van der Waals surface area contributed by atoms with Crippen LogP contribution >= 0.6 is 0 Å². The molecule has 1 atom stereocenters. The van der Waals surface area contributed by atoms with E-state index in [0.29, 0.717) is 6.26 Å². The maximum absolute atomic E-state index is 10.5. The van der Waals surface area contributed by atoms with Crippen molar-refractivity contribution in [3.63, 3.8) is 0 Å². The molecule has 12 heavy (non-hydrogen) atoms. The van der Waals surface area contributed by atoms with Gasteiger partial charge in [0.1, 0.15) is 0 Å². The van der Waals surface area contributed by atoms with E-state index >= 15 is 0 Å². The molecule has 3 heteroatoms. The summed E-state index contributed by atoms with van der Waals surface area (Å²) >= 11 is 0.